The summed E-state index contributed by atoms with van der Waals surface area (Å²) in [5, 5.41) is 6.55. The minimum Gasteiger partial charge on any atom is -0.333 e. The summed E-state index contributed by atoms with van der Waals surface area (Å²) in [5.41, 5.74) is 1.02. The smallest absolute Gasteiger partial charge is 0.255 e. The van der Waals surface area contributed by atoms with Crippen molar-refractivity contribution in [1.29, 1.82) is 0 Å². The molecule has 23 heavy (non-hydrogen) atoms. The average molecular weight is 338 g/mol. The maximum absolute atomic E-state index is 12.8. The van der Waals surface area contributed by atoms with Gasteiger partial charge in [-0.2, -0.15) is 0 Å². The SMILES string of the molecule is CC(C)C(=O)Nc1ccc(Cl)c(C(=O)N2CCNC(C)C2C)c1. The highest BCUT2D eigenvalue weighted by molar-refractivity contribution is 6.34. The fourth-order valence-electron chi connectivity index (χ4n) is 2.55. The Hall–Kier alpha value is -1.59. The number of benzene rings is 1. The topological polar surface area (TPSA) is 61.4 Å². The molecule has 0 bridgehead atoms. The molecular formula is C17H24ClN3O2. The summed E-state index contributed by atoms with van der Waals surface area (Å²) in [6.07, 6.45) is 0. The van der Waals surface area contributed by atoms with Gasteiger partial charge >= 0.3 is 0 Å². The molecule has 0 aliphatic carbocycles. The second-order valence-corrected chi connectivity index (χ2v) is 6.73. The number of nitrogens with one attached hydrogen (secondary N) is 2. The molecule has 5 nitrogen and oxygen atoms in total. The first-order chi connectivity index (χ1) is 10.8. The third-order valence-corrected chi connectivity index (χ3v) is 4.61. The molecule has 0 saturated carbocycles. The van der Waals surface area contributed by atoms with Crippen molar-refractivity contribution in [2.24, 2.45) is 5.92 Å². The first-order valence-corrected chi connectivity index (χ1v) is 8.33. The van der Waals surface area contributed by atoms with Crippen LogP contribution >= 0.6 is 11.6 Å². The lowest BCUT2D eigenvalue weighted by molar-refractivity contribution is -0.118. The van der Waals surface area contributed by atoms with Gasteiger partial charge in [0, 0.05) is 36.8 Å². The van der Waals surface area contributed by atoms with Crippen LogP contribution in [0.5, 0.6) is 0 Å². The molecule has 1 heterocycles. The number of halogens is 1. The van der Waals surface area contributed by atoms with E-state index in [-0.39, 0.29) is 29.8 Å². The Bertz CT molecular complexity index is 604. The van der Waals surface area contributed by atoms with E-state index in [2.05, 4.69) is 17.6 Å². The lowest BCUT2D eigenvalue weighted by Gasteiger charge is -2.38. The maximum Gasteiger partial charge on any atom is 0.255 e. The van der Waals surface area contributed by atoms with Crippen LogP contribution in [0.15, 0.2) is 18.2 Å². The number of anilines is 1. The number of rotatable bonds is 3. The van der Waals surface area contributed by atoms with Gasteiger partial charge in [-0.1, -0.05) is 25.4 Å². The zero-order chi connectivity index (χ0) is 17.1. The highest BCUT2D eigenvalue weighted by atomic mass is 35.5. The Balaban J connectivity index is 2.24. The van der Waals surface area contributed by atoms with Crippen molar-refractivity contribution in [2.75, 3.05) is 18.4 Å². The van der Waals surface area contributed by atoms with Gasteiger partial charge in [-0.15, -0.1) is 0 Å². The minimum atomic E-state index is -0.126. The van der Waals surface area contributed by atoms with Gasteiger partial charge in [-0.3, -0.25) is 9.59 Å². The average Bonchev–Trinajstić information content (AvgIpc) is 2.51. The van der Waals surface area contributed by atoms with Gasteiger partial charge in [0.2, 0.25) is 5.91 Å². The number of hydrogen-bond acceptors (Lipinski definition) is 3. The summed E-state index contributed by atoms with van der Waals surface area (Å²) in [5.74, 6) is -0.315. The number of carbonyl (C=O) groups is 2. The molecule has 2 rings (SSSR count). The predicted molar refractivity (Wildman–Crippen MR) is 92.9 cm³/mol. The summed E-state index contributed by atoms with van der Waals surface area (Å²) < 4.78 is 0. The second kappa shape index (κ2) is 7.32. The van der Waals surface area contributed by atoms with E-state index in [0.29, 0.717) is 22.8 Å². The van der Waals surface area contributed by atoms with E-state index in [4.69, 9.17) is 11.6 Å². The standard InChI is InChI=1S/C17H24ClN3O2/c1-10(2)16(22)20-13-5-6-15(18)14(9-13)17(23)21-8-7-19-11(3)12(21)4/h5-6,9-12,19H,7-8H2,1-4H3,(H,20,22). The van der Waals surface area contributed by atoms with Crippen molar-refractivity contribution in [3.63, 3.8) is 0 Å². The van der Waals surface area contributed by atoms with Gasteiger partial charge in [0.25, 0.3) is 5.91 Å². The van der Waals surface area contributed by atoms with Crippen LogP contribution in [0.2, 0.25) is 5.02 Å². The number of carbonyl (C=O) groups excluding carboxylic acids is 2. The first-order valence-electron chi connectivity index (χ1n) is 7.96. The number of hydrogen-bond donors (Lipinski definition) is 2. The summed E-state index contributed by atoms with van der Waals surface area (Å²) in [6, 6.07) is 5.34. The van der Waals surface area contributed by atoms with E-state index in [9.17, 15) is 9.59 Å². The normalized spacial score (nSPS) is 21.4. The zero-order valence-electron chi connectivity index (χ0n) is 14.0. The summed E-state index contributed by atoms with van der Waals surface area (Å²) in [7, 11) is 0. The van der Waals surface area contributed by atoms with Crippen molar-refractivity contribution in [1.82, 2.24) is 10.2 Å². The van der Waals surface area contributed by atoms with Crippen LogP contribution < -0.4 is 10.6 Å². The molecule has 1 aromatic rings. The van der Waals surface area contributed by atoms with Gasteiger partial charge in [0.05, 0.1) is 10.6 Å². The van der Waals surface area contributed by atoms with Crippen LogP contribution in [0.1, 0.15) is 38.1 Å². The molecule has 1 saturated heterocycles. The van der Waals surface area contributed by atoms with Gasteiger partial charge < -0.3 is 15.5 Å². The molecular weight excluding hydrogens is 314 g/mol. The molecule has 1 fully saturated rings. The zero-order valence-corrected chi connectivity index (χ0v) is 14.8. The van der Waals surface area contributed by atoms with E-state index in [1.165, 1.54) is 0 Å². The molecule has 6 heteroatoms. The molecule has 1 aromatic carbocycles. The molecule has 0 spiro atoms. The molecule has 0 aromatic heterocycles. The molecule has 0 radical (unpaired) electrons. The van der Waals surface area contributed by atoms with Gasteiger partial charge in [0.1, 0.15) is 0 Å². The monoisotopic (exact) mass is 337 g/mol. The van der Waals surface area contributed by atoms with Gasteiger partial charge in [0.15, 0.2) is 0 Å². The molecule has 2 N–H and O–H groups in total. The lowest BCUT2D eigenvalue weighted by Crippen LogP contribution is -2.57. The van der Waals surface area contributed by atoms with Crippen LogP contribution in [0, 0.1) is 5.92 Å². The van der Waals surface area contributed by atoms with Crippen LogP contribution in [-0.2, 0) is 4.79 Å². The maximum atomic E-state index is 12.8. The first kappa shape index (κ1) is 17.8. The predicted octanol–water partition coefficient (Wildman–Crippen LogP) is 2.76. The van der Waals surface area contributed by atoms with Crippen molar-refractivity contribution < 1.29 is 9.59 Å². The minimum absolute atomic E-state index is 0.0845. The lowest BCUT2D eigenvalue weighted by atomic mass is 10.0. The van der Waals surface area contributed by atoms with Gasteiger partial charge in [-0.05, 0) is 32.0 Å². The van der Waals surface area contributed by atoms with Crippen LogP contribution in [0.25, 0.3) is 0 Å². The van der Waals surface area contributed by atoms with E-state index < -0.39 is 0 Å². The number of amides is 2. The van der Waals surface area contributed by atoms with Gasteiger partial charge in [-0.25, -0.2) is 0 Å². The Kier molecular flexibility index (Phi) is 5.65. The van der Waals surface area contributed by atoms with Crippen LogP contribution in [-0.4, -0.2) is 41.9 Å². The Labute approximate surface area is 142 Å². The molecule has 2 atom stereocenters. The Morgan fingerprint density at radius 1 is 1.35 bits per heavy atom. The number of piperazine rings is 1. The molecule has 1 aliphatic heterocycles. The van der Waals surface area contributed by atoms with Crippen LogP contribution in [0.3, 0.4) is 0 Å². The van der Waals surface area contributed by atoms with Crippen molar-refractivity contribution >= 4 is 29.1 Å². The quantitative estimate of drug-likeness (QED) is 0.891. The summed E-state index contributed by atoms with van der Waals surface area (Å²) >= 11 is 6.22. The third kappa shape index (κ3) is 4.03. The molecule has 1 aliphatic rings. The van der Waals surface area contributed by atoms with E-state index in [1.807, 2.05) is 25.7 Å². The summed E-state index contributed by atoms with van der Waals surface area (Å²) in [6.45, 7) is 9.13. The second-order valence-electron chi connectivity index (χ2n) is 6.32. The van der Waals surface area contributed by atoms with Crippen LogP contribution in [0.4, 0.5) is 5.69 Å². The largest absolute Gasteiger partial charge is 0.333 e. The highest BCUT2D eigenvalue weighted by Crippen LogP contribution is 2.24. The summed E-state index contributed by atoms with van der Waals surface area (Å²) in [4.78, 5) is 26.5. The van der Waals surface area contributed by atoms with Crippen molar-refractivity contribution in [3.05, 3.63) is 28.8 Å². The fraction of sp³-hybridized carbons (Fsp3) is 0.529. The van der Waals surface area contributed by atoms with E-state index >= 15 is 0 Å². The third-order valence-electron chi connectivity index (χ3n) is 4.28. The fourth-order valence-corrected chi connectivity index (χ4v) is 2.75. The number of nitrogens with zero attached hydrogens (tertiary/aromatic N) is 1. The Morgan fingerprint density at radius 2 is 2.04 bits per heavy atom. The van der Waals surface area contributed by atoms with Crippen molar-refractivity contribution in [2.45, 2.75) is 39.8 Å². The molecule has 126 valence electrons. The molecule has 2 amide bonds. The molecule has 2 unspecified atom stereocenters. The highest BCUT2D eigenvalue weighted by Gasteiger charge is 2.29. The van der Waals surface area contributed by atoms with Crippen molar-refractivity contribution in [3.8, 4) is 0 Å². The van der Waals surface area contributed by atoms with E-state index in [1.54, 1.807) is 18.2 Å². The van der Waals surface area contributed by atoms with E-state index in [0.717, 1.165) is 6.54 Å². The Morgan fingerprint density at radius 3 is 2.70 bits per heavy atom.